The van der Waals surface area contributed by atoms with Gasteiger partial charge in [-0.3, -0.25) is 0 Å². The van der Waals surface area contributed by atoms with Crippen LogP contribution in [-0.2, 0) is 32.8 Å². The summed E-state index contributed by atoms with van der Waals surface area (Å²) in [5.41, 5.74) is 55.7. The first-order valence-electron chi connectivity index (χ1n) is 20.3. The van der Waals surface area contributed by atoms with Crippen LogP contribution < -0.4 is 0 Å². The number of aliphatic hydroxyl groups excluding tert-OH is 6. The van der Waals surface area contributed by atoms with Gasteiger partial charge in [-0.15, -0.1) is 0 Å². The van der Waals surface area contributed by atoms with Crippen molar-refractivity contribution in [1.29, 1.82) is 0 Å². The molecule has 3 saturated heterocycles. The molecule has 4 fully saturated rings. The van der Waals surface area contributed by atoms with E-state index in [9.17, 15) is 52.8 Å². The molecule has 32 heteroatoms. The molecule has 3 heterocycles. The zero-order valence-corrected chi connectivity index (χ0v) is 36.6. The highest BCUT2D eigenvalue weighted by Gasteiger charge is 2.56. The lowest BCUT2D eigenvalue weighted by Crippen LogP contribution is -2.63. The smallest absolute Gasteiger partial charge is 0.200 e. The molecule has 3 aliphatic heterocycles. The summed E-state index contributed by atoms with van der Waals surface area (Å²) in [6, 6.07) is -6.08. The van der Waals surface area contributed by atoms with Gasteiger partial charge in [-0.05, 0) is 56.2 Å². The zero-order chi connectivity index (χ0) is 47.5. The van der Waals surface area contributed by atoms with Gasteiger partial charge in [0, 0.05) is 29.5 Å². The Morgan fingerprint density at radius 2 is 0.922 bits per heavy atom. The molecule has 31 nitrogen and oxygen atoms in total. The molecule has 0 bridgehead atoms. The quantitative estimate of drug-likeness (QED) is 0.0442. The van der Waals surface area contributed by atoms with Crippen molar-refractivity contribution in [2.24, 2.45) is 30.7 Å². The minimum atomic E-state index is -2.70. The van der Waals surface area contributed by atoms with E-state index in [1.165, 1.54) is 0 Å². The molecule has 4 aliphatic rings. The number of rotatable bonds is 20. The first-order chi connectivity index (χ1) is 30.5. The Morgan fingerprint density at radius 1 is 0.500 bits per heavy atom. The minimum Gasteiger partial charge on any atom is -0.413 e. The average molecular weight is 927 g/mol. The van der Waals surface area contributed by atoms with E-state index in [1.807, 2.05) is 41.5 Å². The fourth-order valence-electron chi connectivity index (χ4n) is 9.11. The molecule has 0 radical (unpaired) electrons. The van der Waals surface area contributed by atoms with Crippen molar-refractivity contribution < 1.29 is 63.5 Å². The van der Waals surface area contributed by atoms with Gasteiger partial charge in [0.25, 0.3) is 0 Å². The zero-order valence-electron chi connectivity index (χ0n) is 35.6. The summed E-state index contributed by atoms with van der Waals surface area (Å²) >= 11 is 0. The predicted octanol–water partition coefficient (Wildman–Crippen LogP) is 3.41. The van der Waals surface area contributed by atoms with Crippen molar-refractivity contribution in [3.05, 3.63) is 62.7 Å². The van der Waals surface area contributed by atoms with Crippen molar-refractivity contribution in [1.82, 2.24) is 0 Å². The molecule has 0 aromatic heterocycles. The van der Waals surface area contributed by atoms with Gasteiger partial charge in [0.2, 0.25) is 0 Å². The molecule has 0 aromatic rings. The Balaban J connectivity index is 1.80. The van der Waals surface area contributed by atoms with Crippen molar-refractivity contribution in [3.63, 3.8) is 0 Å². The highest BCUT2D eigenvalue weighted by molar-refractivity contribution is 6.77. The van der Waals surface area contributed by atoms with E-state index in [0.717, 1.165) is 0 Å². The normalized spacial score (nSPS) is 38.8. The van der Waals surface area contributed by atoms with Crippen LogP contribution in [0.5, 0.6) is 0 Å². The molecule has 6 N–H and O–H groups in total. The lowest BCUT2D eigenvalue weighted by molar-refractivity contribution is -0.306. The second kappa shape index (κ2) is 23.7. The number of ether oxygens (including phenoxy) is 6. The van der Waals surface area contributed by atoms with Crippen LogP contribution in [0.1, 0.15) is 48.0 Å². The van der Waals surface area contributed by atoms with E-state index in [2.05, 4.69) is 60.2 Å². The van der Waals surface area contributed by atoms with E-state index in [1.54, 1.807) is 0 Å². The molecule has 19 atom stereocenters. The topological polar surface area (TPSA) is 479 Å². The van der Waals surface area contributed by atoms with E-state index in [0.29, 0.717) is 0 Å². The van der Waals surface area contributed by atoms with Gasteiger partial charge in [0.1, 0.15) is 48.7 Å². The van der Waals surface area contributed by atoms with Crippen molar-refractivity contribution >= 4 is 8.32 Å². The van der Waals surface area contributed by atoms with Crippen LogP contribution in [0, 0.1) is 0 Å². The molecular formula is C32H54N18O13Si. The fourth-order valence-corrected chi connectivity index (χ4v) is 14.6. The first-order valence-corrected chi connectivity index (χ1v) is 22.4. The van der Waals surface area contributed by atoms with E-state index in [-0.39, 0.29) is 29.7 Å². The largest absolute Gasteiger partial charge is 0.413 e. The summed E-state index contributed by atoms with van der Waals surface area (Å²) in [4.78, 5) is 16.4. The molecule has 4 rings (SSSR count). The summed E-state index contributed by atoms with van der Waals surface area (Å²) < 4.78 is 43.5. The molecule has 0 amide bonds. The van der Waals surface area contributed by atoms with Crippen LogP contribution in [-0.4, -0.2) is 175 Å². The molecule has 0 spiro atoms. The minimum absolute atomic E-state index is 0.0621. The Kier molecular flexibility index (Phi) is 19.3. The molecule has 0 unspecified atom stereocenters. The molecule has 354 valence electrons. The third-order valence-corrected chi connectivity index (χ3v) is 18.1. The van der Waals surface area contributed by atoms with Crippen LogP contribution in [0.2, 0.25) is 16.6 Å². The molecule has 1 saturated carbocycles. The van der Waals surface area contributed by atoms with E-state index < -0.39 is 138 Å². The summed E-state index contributed by atoms with van der Waals surface area (Å²) in [5.74, 6) is 0. The van der Waals surface area contributed by atoms with Crippen molar-refractivity contribution in [2.45, 2.75) is 181 Å². The number of hydrogen-bond donors (Lipinski definition) is 6. The summed E-state index contributed by atoms with van der Waals surface area (Å²) in [5, 5.41) is 88.5. The van der Waals surface area contributed by atoms with Gasteiger partial charge < -0.3 is 63.5 Å². The number of nitrogens with zero attached hydrogens (tertiary/aromatic N) is 18. The van der Waals surface area contributed by atoms with Gasteiger partial charge in [0.15, 0.2) is 27.2 Å². The second-order valence-corrected chi connectivity index (χ2v) is 22.0. The number of aliphatic hydroxyl groups is 6. The SMILES string of the molecule is CC(C)[Si](OC[C@H]1O[C@@H](O[C@@H]2[C@@H](O)[C@H](N=[N+]=[N-])C[C@H](N=[N+]=[N-])[C@H]2O[C@H]2O[C@H](CN=[N+]=[N-])[C@@H](O)[C@H](O)[C@H]2N=[N+]=[N-])[C@H](O)[C@@H]1O[C@H]1O[C@@H](CN=[N+]=[N-])[C@@H](O)[C@H](O)[C@H]1N=[N+]=[N-])(C(C)C)C(C)C. The summed E-state index contributed by atoms with van der Waals surface area (Å²) in [7, 11) is -2.70. The third kappa shape index (κ3) is 11.3. The molecule has 0 aromatic carbocycles. The maximum Gasteiger partial charge on any atom is 0.200 e. The lowest BCUT2D eigenvalue weighted by atomic mass is 9.84. The molecule has 64 heavy (non-hydrogen) atoms. The summed E-state index contributed by atoms with van der Waals surface area (Å²) in [6.45, 7) is 10.9. The fraction of sp³-hybridized carbons (Fsp3) is 1.00. The van der Waals surface area contributed by atoms with E-state index >= 15 is 0 Å². The number of azide groups is 6. The van der Waals surface area contributed by atoms with E-state index in [4.69, 9.17) is 43.9 Å². The van der Waals surface area contributed by atoms with Gasteiger partial charge in [-0.25, -0.2) is 0 Å². The third-order valence-electron chi connectivity index (χ3n) is 12.0. The van der Waals surface area contributed by atoms with Gasteiger partial charge in [-0.1, -0.05) is 72.2 Å². The standard InChI is InChI=1S/C32H54N18O13Si/c1-11(2)64(12(3)4,13(5)6)57-10-18-28(62-31-20(44-50-38)25(55)23(53)17(59-31)9-40-46-34)26(56)32(60-18)63-29-21(51)14(41-47-35)7-15(42-48-36)27(29)61-30-19(43-49-37)24(54)22(52)16(58-30)8-39-45-33/h11-32,51-56H,7-10H2,1-6H3/t14-,15+,16-,17+,18-,19-,20-,21+,22-,23-,24-,25-,26-,27-,28-,29-,30-,31-,32+/m1/s1. The highest BCUT2D eigenvalue weighted by atomic mass is 28.4. The summed E-state index contributed by atoms with van der Waals surface area (Å²) in [6.07, 6.45) is -25.6. The Bertz CT molecular complexity index is 1850. The molecule has 1 aliphatic carbocycles. The Morgan fingerprint density at radius 3 is 1.36 bits per heavy atom. The van der Waals surface area contributed by atoms with Gasteiger partial charge >= 0.3 is 0 Å². The van der Waals surface area contributed by atoms with Crippen molar-refractivity contribution in [3.8, 4) is 0 Å². The van der Waals surface area contributed by atoms with Crippen LogP contribution >= 0.6 is 0 Å². The number of hydrogen-bond acceptors (Lipinski definition) is 19. The monoisotopic (exact) mass is 926 g/mol. The van der Waals surface area contributed by atoms with Gasteiger partial charge in [-0.2, -0.15) is 0 Å². The predicted molar refractivity (Wildman–Crippen MR) is 218 cm³/mol. The van der Waals surface area contributed by atoms with Crippen LogP contribution in [0.15, 0.2) is 30.7 Å². The average Bonchev–Trinajstić information content (AvgIpc) is 3.54. The Hall–Kier alpha value is -4.44. The molecular weight excluding hydrogens is 873 g/mol. The van der Waals surface area contributed by atoms with Crippen LogP contribution in [0.25, 0.3) is 62.7 Å². The van der Waals surface area contributed by atoms with Crippen LogP contribution in [0.3, 0.4) is 0 Å². The lowest BCUT2D eigenvalue weighted by Gasteiger charge is -2.47. The second-order valence-electron chi connectivity index (χ2n) is 16.5. The Labute approximate surface area is 365 Å². The highest BCUT2D eigenvalue weighted by Crippen LogP contribution is 2.44. The maximum atomic E-state index is 12.1. The van der Waals surface area contributed by atoms with Crippen molar-refractivity contribution in [2.75, 3.05) is 19.7 Å². The van der Waals surface area contributed by atoms with Crippen LogP contribution in [0.4, 0.5) is 0 Å². The first kappa shape index (κ1) is 52.2. The van der Waals surface area contributed by atoms with Gasteiger partial charge in [0.05, 0.1) is 68.4 Å². The maximum absolute atomic E-state index is 12.1.